The molecule has 0 atom stereocenters. The Morgan fingerprint density at radius 1 is 1.16 bits per heavy atom. The minimum absolute atomic E-state index is 0.238. The molecule has 124 valence electrons. The molecule has 0 spiro atoms. The van der Waals surface area contributed by atoms with E-state index in [-0.39, 0.29) is 5.91 Å². The Kier molecular flexibility index (Phi) is 3.77. The lowest BCUT2D eigenvalue weighted by Gasteiger charge is -2.08. The van der Waals surface area contributed by atoms with Crippen LogP contribution in [0.3, 0.4) is 0 Å². The molecule has 0 radical (unpaired) electrons. The van der Waals surface area contributed by atoms with Crippen molar-refractivity contribution in [3.63, 3.8) is 0 Å². The first-order valence-electron chi connectivity index (χ1n) is 7.74. The zero-order valence-electron chi connectivity index (χ0n) is 13.7. The van der Waals surface area contributed by atoms with Crippen LogP contribution in [0.5, 0.6) is 0 Å². The lowest BCUT2D eigenvalue weighted by molar-refractivity contribution is 0.102. The zero-order valence-corrected chi connectivity index (χ0v) is 14.5. The Labute approximate surface area is 148 Å². The average molecular weight is 349 g/mol. The number of rotatable bonds is 3. The van der Waals surface area contributed by atoms with Crippen molar-refractivity contribution < 1.29 is 4.79 Å². The van der Waals surface area contributed by atoms with Crippen molar-refractivity contribution in [2.24, 2.45) is 0 Å². The van der Waals surface area contributed by atoms with Crippen LogP contribution in [-0.4, -0.2) is 25.3 Å². The van der Waals surface area contributed by atoms with Gasteiger partial charge in [0.1, 0.15) is 12.0 Å². The zero-order chi connectivity index (χ0) is 17.4. The monoisotopic (exact) mass is 349 g/mol. The topological polar surface area (TPSA) is 72.2 Å². The number of hydrogen-bond donors (Lipinski definition) is 1. The predicted octanol–water partition coefficient (Wildman–Crippen LogP) is 3.72. The van der Waals surface area contributed by atoms with Crippen LogP contribution in [0.25, 0.3) is 16.2 Å². The van der Waals surface area contributed by atoms with Gasteiger partial charge in [0.05, 0.1) is 5.69 Å². The van der Waals surface area contributed by atoms with E-state index in [2.05, 4.69) is 20.3 Å². The molecule has 1 amide bonds. The van der Waals surface area contributed by atoms with Gasteiger partial charge in [-0.2, -0.15) is 0 Å². The summed E-state index contributed by atoms with van der Waals surface area (Å²) >= 11 is 1.60. The normalized spacial score (nSPS) is 11.0. The van der Waals surface area contributed by atoms with E-state index in [9.17, 15) is 4.79 Å². The maximum absolute atomic E-state index is 12.4. The van der Waals surface area contributed by atoms with Gasteiger partial charge in [-0.15, -0.1) is 11.3 Å². The van der Waals surface area contributed by atoms with Gasteiger partial charge in [-0.1, -0.05) is 12.1 Å². The molecule has 25 heavy (non-hydrogen) atoms. The molecule has 3 aromatic heterocycles. The summed E-state index contributed by atoms with van der Waals surface area (Å²) in [6.07, 6.45) is 5.38. The molecule has 0 saturated carbocycles. The Hall–Kier alpha value is -3.06. The molecule has 1 N–H and O–H groups in total. The van der Waals surface area contributed by atoms with E-state index in [0.29, 0.717) is 11.4 Å². The van der Waals surface area contributed by atoms with E-state index < -0.39 is 0 Å². The number of fused-ring (bicyclic) bond motifs is 1. The van der Waals surface area contributed by atoms with Crippen LogP contribution < -0.4 is 5.32 Å². The predicted molar refractivity (Wildman–Crippen MR) is 98.0 cm³/mol. The second kappa shape index (κ2) is 6.10. The number of imidazole rings is 1. The smallest absolute Gasteiger partial charge is 0.274 e. The van der Waals surface area contributed by atoms with Crippen LogP contribution in [0.2, 0.25) is 0 Å². The van der Waals surface area contributed by atoms with Crippen LogP contribution >= 0.6 is 11.3 Å². The number of thiazole rings is 1. The van der Waals surface area contributed by atoms with Crippen molar-refractivity contribution in [3.05, 3.63) is 65.3 Å². The maximum Gasteiger partial charge on any atom is 0.274 e. The quantitative estimate of drug-likeness (QED) is 0.612. The van der Waals surface area contributed by atoms with Gasteiger partial charge in [0, 0.05) is 40.3 Å². The lowest BCUT2D eigenvalue weighted by Crippen LogP contribution is -2.16. The van der Waals surface area contributed by atoms with Gasteiger partial charge >= 0.3 is 0 Å². The highest BCUT2D eigenvalue weighted by molar-refractivity contribution is 7.15. The average Bonchev–Trinajstić information content (AvgIpc) is 3.20. The Balaban J connectivity index is 1.55. The molecule has 4 aromatic rings. The van der Waals surface area contributed by atoms with Crippen LogP contribution in [0, 0.1) is 13.8 Å². The largest absolute Gasteiger partial charge is 0.321 e. The number of benzene rings is 1. The molecule has 3 heterocycles. The van der Waals surface area contributed by atoms with Gasteiger partial charge in [-0.3, -0.25) is 9.20 Å². The fourth-order valence-corrected chi connectivity index (χ4v) is 3.25. The highest BCUT2D eigenvalue weighted by Gasteiger charge is 2.13. The second-order valence-corrected chi connectivity index (χ2v) is 6.56. The van der Waals surface area contributed by atoms with Gasteiger partial charge in [0.15, 0.2) is 4.96 Å². The molecule has 0 aliphatic heterocycles. The SMILES string of the molecule is Cc1ncnc(C(=O)Nc2ccc(-c3cn4ccsc4n3)cc2)c1C. The number of nitrogens with one attached hydrogen (secondary N) is 1. The Morgan fingerprint density at radius 2 is 1.96 bits per heavy atom. The summed E-state index contributed by atoms with van der Waals surface area (Å²) in [5, 5.41) is 4.88. The van der Waals surface area contributed by atoms with Gasteiger partial charge in [0.2, 0.25) is 0 Å². The number of anilines is 1. The van der Waals surface area contributed by atoms with Gasteiger partial charge in [-0.05, 0) is 26.0 Å². The number of hydrogen-bond acceptors (Lipinski definition) is 5. The number of nitrogens with zero attached hydrogens (tertiary/aromatic N) is 4. The number of aryl methyl sites for hydroxylation is 1. The summed E-state index contributed by atoms with van der Waals surface area (Å²) in [5.41, 5.74) is 4.61. The lowest BCUT2D eigenvalue weighted by atomic mass is 10.1. The summed E-state index contributed by atoms with van der Waals surface area (Å²) < 4.78 is 2.00. The third-order valence-corrected chi connectivity index (χ3v) is 4.85. The van der Waals surface area contributed by atoms with E-state index in [4.69, 9.17) is 0 Å². The Morgan fingerprint density at radius 3 is 2.72 bits per heavy atom. The summed E-state index contributed by atoms with van der Waals surface area (Å²) in [6, 6.07) is 7.62. The fraction of sp³-hybridized carbons (Fsp3) is 0.111. The summed E-state index contributed by atoms with van der Waals surface area (Å²) in [7, 11) is 0. The fourth-order valence-electron chi connectivity index (χ4n) is 2.55. The molecule has 0 aliphatic rings. The van der Waals surface area contributed by atoms with Crippen LogP contribution in [-0.2, 0) is 0 Å². The Bertz CT molecular complexity index is 1040. The molecule has 4 rings (SSSR count). The van der Waals surface area contributed by atoms with Crippen LogP contribution in [0.15, 0.2) is 48.4 Å². The van der Waals surface area contributed by atoms with Crippen molar-refractivity contribution in [3.8, 4) is 11.3 Å². The third-order valence-electron chi connectivity index (χ3n) is 4.08. The summed E-state index contributed by atoms with van der Waals surface area (Å²) in [5.74, 6) is -0.238. The van der Waals surface area contributed by atoms with E-state index in [0.717, 1.165) is 27.5 Å². The summed E-state index contributed by atoms with van der Waals surface area (Å²) in [6.45, 7) is 3.70. The van der Waals surface area contributed by atoms with E-state index in [1.54, 1.807) is 11.3 Å². The standard InChI is InChI=1S/C18H15N5OS/c1-11-12(2)19-10-20-16(11)17(24)21-14-5-3-13(4-6-14)15-9-23-7-8-25-18(23)22-15/h3-10H,1-2H3,(H,21,24). The van der Waals surface area contributed by atoms with E-state index in [1.807, 2.05) is 60.3 Å². The van der Waals surface area contributed by atoms with Gasteiger partial charge in [0.25, 0.3) is 5.91 Å². The molecule has 7 heteroatoms. The molecule has 0 unspecified atom stereocenters. The van der Waals surface area contributed by atoms with Crippen molar-refractivity contribution in [1.29, 1.82) is 0 Å². The van der Waals surface area contributed by atoms with Crippen molar-refractivity contribution in [1.82, 2.24) is 19.4 Å². The molecular formula is C18H15N5OS. The molecular weight excluding hydrogens is 334 g/mol. The number of carbonyl (C=O) groups is 1. The third kappa shape index (κ3) is 2.89. The maximum atomic E-state index is 12.4. The summed E-state index contributed by atoms with van der Waals surface area (Å²) in [4.78, 5) is 26.1. The number of aromatic nitrogens is 4. The molecule has 0 aliphatic carbocycles. The molecule has 0 saturated heterocycles. The number of amides is 1. The highest BCUT2D eigenvalue weighted by Crippen LogP contribution is 2.23. The molecule has 0 bridgehead atoms. The minimum atomic E-state index is -0.238. The highest BCUT2D eigenvalue weighted by atomic mass is 32.1. The number of carbonyl (C=O) groups excluding carboxylic acids is 1. The van der Waals surface area contributed by atoms with Crippen molar-refractivity contribution in [2.45, 2.75) is 13.8 Å². The van der Waals surface area contributed by atoms with E-state index >= 15 is 0 Å². The van der Waals surface area contributed by atoms with Gasteiger partial charge < -0.3 is 5.32 Å². The van der Waals surface area contributed by atoms with Gasteiger partial charge in [-0.25, -0.2) is 15.0 Å². The minimum Gasteiger partial charge on any atom is -0.321 e. The molecule has 1 aromatic carbocycles. The first-order valence-corrected chi connectivity index (χ1v) is 8.62. The van der Waals surface area contributed by atoms with Crippen LogP contribution in [0.4, 0.5) is 5.69 Å². The first kappa shape index (κ1) is 15.5. The van der Waals surface area contributed by atoms with E-state index in [1.165, 1.54) is 6.33 Å². The van der Waals surface area contributed by atoms with Crippen molar-refractivity contribution in [2.75, 3.05) is 5.32 Å². The molecule has 0 fully saturated rings. The second-order valence-electron chi connectivity index (χ2n) is 5.68. The van der Waals surface area contributed by atoms with Crippen molar-refractivity contribution >= 4 is 27.9 Å². The first-order chi connectivity index (χ1) is 12.1. The van der Waals surface area contributed by atoms with Crippen LogP contribution in [0.1, 0.15) is 21.7 Å². The molecule has 6 nitrogen and oxygen atoms in total.